The van der Waals surface area contributed by atoms with Gasteiger partial charge in [0.25, 0.3) is 5.91 Å². The fourth-order valence-corrected chi connectivity index (χ4v) is 1.93. The highest BCUT2D eigenvalue weighted by molar-refractivity contribution is 5.96. The van der Waals surface area contributed by atoms with Crippen molar-refractivity contribution < 1.29 is 28.7 Å². The van der Waals surface area contributed by atoms with Gasteiger partial charge in [0.1, 0.15) is 5.75 Å². The van der Waals surface area contributed by atoms with E-state index in [2.05, 4.69) is 15.5 Å². The van der Waals surface area contributed by atoms with Crippen molar-refractivity contribution in [2.45, 2.75) is 26.0 Å². The lowest BCUT2D eigenvalue weighted by Crippen LogP contribution is -2.43. The number of benzene rings is 1. The van der Waals surface area contributed by atoms with Crippen LogP contribution in [0.2, 0.25) is 0 Å². The van der Waals surface area contributed by atoms with Crippen LogP contribution in [0.25, 0.3) is 0 Å². The van der Waals surface area contributed by atoms with E-state index in [1.807, 2.05) is 6.92 Å². The molecule has 9 nitrogen and oxygen atoms in total. The molecular weight excluding hydrogens is 330 g/mol. The van der Waals surface area contributed by atoms with Crippen LogP contribution in [0.4, 0.5) is 0 Å². The quantitative estimate of drug-likeness (QED) is 0.688. The van der Waals surface area contributed by atoms with E-state index in [1.54, 1.807) is 12.1 Å². The molecule has 134 valence electrons. The maximum atomic E-state index is 12.1. The zero-order valence-electron chi connectivity index (χ0n) is 13.9. The normalized spacial score (nSPS) is 11.8. The molecule has 0 aliphatic carbocycles. The van der Waals surface area contributed by atoms with Crippen LogP contribution in [0, 0.1) is 0 Å². The van der Waals surface area contributed by atoms with Crippen molar-refractivity contribution >= 4 is 11.9 Å². The second-order valence-electron chi connectivity index (χ2n) is 5.09. The third-order valence-electron chi connectivity index (χ3n) is 3.23. The summed E-state index contributed by atoms with van der Waals surface area (Å²) in [6.07, 6.45) is 0.650. The molecular formula is C16H19N3O6. The summed E-state index contributed by atoms with van der Waals surface area (Å²) in [4.78, 5) is 27.2. The molecule has 2 aromatic rings. The second-order valence-corrected chi connectivity index (χ2v) is 5.09. The number of carbonyl (C=O) groups is 2. The van der Waals surface area contributed by atoms with E-state index in [4.69, 9.17) is 19.1 Å². The molecule has 0 aliphatic rings. The minimum Gasteiger partial charge on any atom is -0.485 e. The molecule has 1 aromatic heterocycles. The van der Waals surface area contributed by atoms with E-state index in [-0.39, 0.29) is 13.2 Å². The van der Waals surface area contributed by atoms with Crippen LogP contribution in [-0.2, 0) is 22.6 Å². The zero-order chi connectivity index (χ0) is 18.2. The van der Waals surface area contributed by atoms with Crippen molar-refractivity contribution in [3.8, 4) is 5.75 Å². The number of amides is 1. The van der Waals surface area contributed by atoms with Gasteiger partial charge in [-0.15, -0.1) is 0 Å². The van der Waals surface area contributed by atoms with Gasteiger partial charge in [0, 0.05) is 19.1 Å². The van der Waals surface area contributed by atoms with E-state index >= 15 is 0 Å². The van der Waals surface area contributed by atoms with Crippen LogP contribution in [-0.4, -0.2) is 46.9 Å². The molecule has 1 aromatic carbocycles. The monoisotopic (exact) mass is 349 g/mol. The summed E-state index contributed by atoms with van der Waals surface area (Å²) in [5, 5.41) is 15.2. The largest absolute Gasteiger partial charge is 0.485 e. The first-order valence-electron chi connectivity index (χ1n) is 7.60. The van der Waals surface area contributed by atoms with E-state index < -0.39 is 17.9 Å². The molecule has 9 heteroatoms. The Kier molecular flexibility index (Phi) is 6.47. The second kappa shape index (κ2) is 8.78. The van der Waals surface area contributed by atoms with Crippen molar-refractivity contribution in [3.05, 3.63) is 41.5 Å². The molecule has 0 saturated heterocycles. The van der Waals surface area contributed by atoms with Crippen molar-refractivity contribution in [2.24, 2.45) is 0 Å². The molecule has 1 heterocycles. The molecule has 0 saturated carbocycles. The molecule has 0 aliphatic heterocycles. The van der Waals surface area contributed by atoms with Crippen LogP contribution in [0.5, 0.6) is 5.75 Å². The predicted octanol–water partition coefficient (Wildman–Crippen LogP) is 1.04. The Balaban J connectivity index is 1.91. The van der Waals surface area contributed by atoms with Gasteiger partial charge in [-0.05, 0) is 24.3 Å². The Morgan fingerprint density at radius 3 is 2.60 bits per heavy atom. The van der Waals surface area contributed by atoms with Gasteiger partial charge in [-0.2, -0.15) is 4.98 Å². The summed E-state index contributed by atoms with van der Waals surface area (Å²) >= 11 is 0. The number of carboxylic acid groups (broad SMARTS) is 1. The lowest BCUT2D eigenvalue weighted by molar-refractivity contribution is -0.140. The minimum absolute atomic E-state index is 0.118. The smallest absolute Gasteiger partial charge is 0.328 e. The van der Waals surface area contributed by atoms with Gasteiger partial charge >= 0.3 is 5.97 Å². The zero-order valence-corrected chi connectivity index (χ0v) is 13.9. The standard InChI is InChI=1S/C16H19N3O6/c1-3-14-18-13(19-25-14)9-24-11-6-4-10(5-7-11)15(20)17-12(8-23-2)16(21)22/h4-7,12H,3,8-9H2,1-2H3,(H,17,20)(H,21,22). The van der Waals surface area contributed by atoms with Crippen molar-refractivity contribution in [1.82, 2.24) is 15.5 Å². The number of rotatable bonds is 9. The van der Waals surface area contributed by atoms with Crippen molar-refractivity contribution in [3.63, 3.8) is 0 Å². The Bertz CT molecular complexity index is 713. The van der Waals surface area contributed by atoms with Crippen molar-refractivity contribution in [1.29, 1.82) is 0 Å². The topological polar surface area (TPSA) is 124 Å². The lowest BCUT2D eigenvalue weighted by atomic mass is 10.2. The highest BCUT2D eigenvalue weighted by atomic mass is 16.5. The Morgan fingerprint density at radius 2 is 2.04 bits per heavy atom. The molecule has 0 bridgehead atoms. The molecule has 0 fully saturated rings. The average Bonchev–Trinajstić information content (AvgIpc) is 3.08. The van der Waals surface area contributed by atoms with Gasteiger partial charge in [-0.25, -0.2) is 4.79 Å². The highest BCUT2D eigenvalue weighted by Gasteiger charge is 2.20. The maximum Gasteiger partial charge on any atom is 0.328 e. The van der Waals surface area contributed by atoms with Crippen LogP contribution in [0.1, 0.15) is 29.0 Å². The van der Waals surface area contributed by atoms with Gasteiger partial charge in [-0.3, -0.25) is 4.79 Å². The van der Waals surface area contributed by atoms with Crippen LogP contribution < -0.4 is 10.1 Å². The average molecular weight is 349 g/mol. The number of hydrogen-bond acceptors (Lipinski definition) is 7. The van der Waals surface area contributed by atoms with Crippen LogP contribution >= 0.6 is 0 Å². The van der Waals surface area contributed by atoms with E-state index in [9.17, 15) is 9.59 Å². The number of nitrogens with one attached hydrogen (secondary N) is 1. The van der Waals surface area contributed by atoms with Crippen LogP contribution in [0.15, 0.2) is 28.8 Å². The highest BCUT2D eigenvalue weighted by Crippen LogP contribution is 2.14. The number of methoxy groups -OCH3 is 1. The first-order valence-corrected chi connectivity index (χ1v) is 7.60. The SMILES string of the molecule is CCc1nc(COc2ccc(C(=O)NC(COC)C(=O)O)cc2)no1. The number of nitrogens with zero attached hydrogens (tertiary/aromatic N) is 2. The van der Waals surface area contributed by atoms with E-state index in [1.165, 1.54) is 19.2 Å². The molecule has 1 atom stereocenters. The summed E-state index contributed by atoms with van der Waals surface area (Å²) in [7, 11) is 1.36. The number of carbonyl (C=O) groups excluding carboxylic acids is 1. The van der Waals surface area contributed by atoms with E-state index in [0.29, 0.717) is 29.4 Å². The summed E-state index contributed by atoms with van der Waals surface area (Å²) in [6, 6.07) is 5.15. The van der Waals surface area contributed by atoms with Gasteiger partial charge in [0.15, 0.2) is 12.6 Å². The molecule has 0 spiro atoms. The van der Waals surface area contributed by atoms with Gasteiger partial charge in [0.05, 0.1) is 6.61 Å². The number of ether oxygens (including phenoxy) is 2. The van der Waals surface area contributed by atoms with Crippen molar-refractivity contribution in [2.75, 3.05) is 13.7 Å². The summed E-state index contributed by atoms with van der Waals surface area (Å²) in [5.74, 6) is -0.188. The number of hydrogen-bond donors (Lipinski definition) is 2. The van der Waals surface area contributed by atoms with Crippen LogP contribution in [0.3, 0.4) is 0 Å². The predicted molar refractivity (Wildman–Crippen MR) is 85.2 cm³/mol. The number of aromatic nitrogens is 2. The lowest BCUT2D eigenvalue weighted by Gasteiger charge is -2.13. The minimum atomic E-state index is -1.17. The van der Waals surface area contributed by atoms with Gasteiger partial charge < -0.3 is 24.4 Å². The molecule has 1 unspecified atom stereocenters. The number of aliphatic carboxylic acids is 1. The first kappa shape index (κ1) is 18.4. The number of aryl methyl sites for hydroxylation is 1. The Hall–Kier alpha value is -2.94. The maximum absolute atomic E-state index is 12.1. The molecule has 0 radical (unpaired) electrons. The summed E-state index contributed by atoms with van der Waals surface area (Å²) in [6.45, 7) is 1.93. The third kappa shape index (κ3) is 5.28. The summed E-state index contributed by atoms with van der Waals surface area (Å²) in [5.41, 5.74) is 0.308. The Morgan fingerprint density at radius 1 is 1.32 bits per heavy atom. The summed E-state index contributed by atoms with van der Waals surface area (Å²) < 4.78 is 15.3. The molecule has 25 heavy (non-hydrogen) atoms. The van der Waals surface area contributed by atoms with Gasteiger partial charge in [0.2, 0.25) is 11.7 Å². The Labute approximate surface area is 143 Å². The third-order valence-corrected chi connectivity index (χ3v) is 3.23. The number of carboxylic acids is 1. The van der Waals surface area contributed by atoms with E-state index in [0.717, 1.165) is 0 Å². The molecule has 2 rings (SSSR count). The molecule has 1 amide bonds. The fraction of sp³-hybridized carbons (Fsp3) is 0.375. The first-order chi connectivity index (χ1) is 12.0. The fourth-order valence-electron chi connectivity index (χ4n) is 1.93. The molecule has 2 N–H and O–H groups in total. The van der Waals surface area contributed by atoms with Gasteiger partial charge in [-0.1, -0.05) is 12.1 Å².